The lowest BCUT2D eigenvalue weighted by Gasteiger charge is -2.19. The molecule has 0 bridgehead atoms. The van der Waals surface area contributed by atoms with E-state index in [4.69, 9.17) is 5.73 Å². The minimum atomic E-state index is 0.254. The van der Waals surface area contributed by atoms with Crippen LogP contribution < -0.4 is 5.73 Å². The van der Waals surface area contributed by atoms with Crippen LogP contribution >= 0.6 is 0 Å². The van der Waals surface area contributed by atoms with Crippen LogP contribution in [0.1, 0.15) is 23.6 Å². The van der Waals surface area contributed by atoms with Crippen LogP contribution in [0.4, 0.5) is 0 Å². The molecule has 0 spiro atoms. The number of benzene rings is 1. The van der Waals surface area contributed by atoms with Gasteiger partial charge in [0.2, 0.25) is 0 Å². The van der Waals surface area contributed by atoms with E-state index in [2.05, 4.69) is 44.0 Å². The molecule has 0 aliphatic carbocycles. The van der Waals surface area contributed by atoms with Crippen molar-refractivity contribution in [3.8, 4) is 0 Å². The van der Waals surface area contributed by atoms with Crippen molar-refractivity contribution < 1.29 is 0 Å². The third-order valence-electron chi connectivity index (χ3n) is 2.86. The van der Waals surface area contributed by atoms with Gasteiger partial charge < -0.3 is 10.6 Å². The minimum Gasteiger partial charge on any atom is -0.327 e. The lowest BCUT2D eigenvalue weighted by molar-refractivity contribution is 0.321. The zero-order valence-electron chi connectivity index (χ0n) is 11.0. The van der Waals surface area contributed by atoms with Crippen molar-refractivity contribution in [3.05, 3.63) is 34.9 Å². The number of aryl methyl sites for hydroxylation is 2. The van der Waals surface area contributed by atoms with Crippen molar-refractivity contribution in [2.45, 2.75) is 33.2 Å². The zero-order chi connectivity index (χ0) is 12.1. The van der Waals surface area contributed by atoms with Crippen molar-refractivity contribution in [1.29, 1.82) is 0 Å². The summed E-state index contributed by atoms with van der Waals surface area (Å²) in [6, 6.07) is 6.93. The SMILES string of the molecule is Cc1ccc(CCN(C)CC(C)N)c(C)c1. The van der Waals surface area contributed by atoms with Crippen LogP contribution in [-0.2, 0) is 6.42 Å². The molecule has 1 rings (SSSR count). The summed E-state index contributed by atoms with van der Waals surface area (Å²) in [4.78, 5) is 2.30. The van der Waals surface area contributed by atoms with Gasteiger partial charge in [-0.3, -0.25) is 0 Å². The molecule has 16 heavy (non-hydrogen) atoms. The average Bonchev–Trinajstić information content (AvgIpc) is 2.15. The van der Waals surface area contributed by atoms with Gasteiger partial charge in [-0.15, -0.1) is 0 Å². The van der Waals surface area contributed by atoms with Gasteiger partial charge >= 0.3 is 0 Å². The highest BCUT2D eigenvalue weighted by Gasteiger charge is 2.04. The maximum atomic E-state index is 5.77. The molecule has 0 aliphatic heterocycles. The molecule has 2 N–H and O–H groups in total. The Labute approximate surface area is 99.5 Å². The summed E-state index contributed by atoms with van der Waals surface area (Å²) in [5, 5.41) is 0. The molecule has 0 aromatic heterocycles. The second kappa shape index (κ2) is 6.02. The van der Waals surface area contributed by atoms with Crippen LogP contribution in [0.3, 0.4) is 0 Å². The molecule has 0 radical (unpaired) electrons. The van der Waals surface area contributed by atoms with Crippen molar-refractivity contribution >= 4 is 0 Å². The Kier molecular flexibility index (Phi) is 4.97. The molecule has 1 atom stereocenters. The van der Waals surface area contributed by atoms with Gasteiger partial charge in [-0.05, 0) is 45.4 Å². The van der Waals surface area contributed by atoms with E-state index in [0.29, 0.717) is 0 Å². The second-order valence-corrected chi connectivity index (χ2v) is 4.92. The summed E-state index contributed by atoms with van der Waals surface area (Å²) in [5.74, 6) is 0. The van der Waals surface area contributed by atoms with E-state index in [9.17, 15) is 0 Å². The van der Waals surface area contributed by atoms with Gasteiger partial charge in [-0.2, -0.15) is 0 Å². The molecule has 1 unspecified atom stereocenters. The van der Waals surface area contributed by atoms with Gasteiger partial charge in [-0.1, -0.05) is 23.8 Å². The molecule has 2 heteroatoms. The van der Waals surface area contributed by atoms with E-state index in [1.165, 1.54) is 16.7 Å². The summed E-state index contributed by atoms with van der Waals surface area (Å²) >= 11 is 0. The van der Waals surface area contributed by atoms with Gasteiger partial charge in [0.15, 0.2) is 0 Å². The molecule has 90 valence electrons. The fourth-order valence-electron chi connectivity index (χ4n) is 2.02. The summed E-state index contributed by atoms with van der Waals surface area (Å²) in [5.41, 5.74) is 9.95. The van der Waals surface area contributed by atoms with Crippen LogP contribution in [0, 0.1) is 13.8 Å². The maximum absolute atomic E-state index is 5.77. The molecule has 0 heterocycles. The second-order valence-electron chi connectivity index (χ2n) is 4.92. The van der Waals surface area contributed by atoms with Crippen LogP contribution in [0.2, 0.25) is 0 Å². The zero-order valence-corrected chi connectivity index (χ0v) is 11.0. The minimum absolute atomic E-state index is 0.254. The van der Waals surface area contributed by atoms with E-state index in [1.54, 1.807) is 0 Å². The number of hydrogen-bond acceptors (Lipinski definition) is 2. The van der Waals surface area contributed by atoms with Gasteiger partial charge in [0.1, 0.15) is 0 Å². The standard InChI is InChI=1S/C14H24N2/c1-11-5-6-14(12(2)9-11)7-8-16(4)10-13(3)15/h5-6,9,13H,7-8,10,15H2,1-4H3. The quantitative estimate of drug-likeness (QED) is 0.823. The van der Waals surface area contributed by atoms with E-state index in [1.807, 2.05) is 6.92 Å². The van der Waals surface area contributed by atoms with E-state index >= 15 is 0 Å². The molecule has 1 aromatic rings. The molecular weight excluding hydrogens is 196 g/mol. The Bertz CT molecular complexity index is 332. The predicted octanol–water partition coefficient (Wildman–Crippen LogP) is 2.12. The molecule has 0 aliphatic rings. The van der Waals surface area contributed by atoms with Gasteiger partial charge in [0, 0.05) is 19.1 Å². The fraction of sp³-hybridized carbons (Fsp3) is 0.571. The lowest BCUT2D eigenvalue weighted by atomic mass is 10.0. The van der Waals surface area contributed by atoms with Crippen molar-refractivity contribution in [3.63, 3.8) is 0 Å². The maximum Gasteiger partial charge on any atom is 0.0139 e. The first-order valence-corrected chi connectivity index (χ1v) is 5.99. The van der Waals surface area contributed by atoms with Crippen molar-refractivity contribution in [2.24, 2.45) is 5.73 Å². The Morgan fingerprint density at radius 1 is 1.31 bits per heavy atom. The molecule has 2 nitrogen and oxygen atoms in total. The third-order valence-corrected chi connectivity index (χ3v) is 2.86. The van der Waals surface area contributed by atoms with Crippen molar-refractivity contribution in [1.82, 2.24) is 4.90 Å². The molecule has 0 saturated carbocycles. The van der Waals surface area contributed by atoms with E-state index < -0.39 is 0 Å². The monoisotopic (exact) mass is 220 g/mol. The van der Waals surface area contributed by atoms with Crippen LogP contribution in [0.5, 0.6) is 0 Å². The van der Waals surface area contributed by atoms with Crippen LogP contribution in [0.25, 0.3) is 0 Å². The normalized spacial score (nSPS) is 13.1. The summed E-state index contributed by atoms with van der Waals surface area (Å²) in [6.07, 6.45) is 1.11. The Morgan fingerprint density at radius 2 is 2.00 bits per heavy atom. The highest BCUT2D eigenvalue weighted by molar-refractivity contribution is 5.30. The highest BCUT2D eigenvalue weighted by atomic mass is 15.1. The van der Waals surface area contributed by atoms with E-state index in [-0.39, 0.29) is 6.04 Å². The topological polar surface area (TPSA) is 29.3 Å². The molecule has 0 fully saturated rings. The van der Waals surface area contributed by atoms with Gasteiger partial charge in [-0.25, -0.2) is 0 Å². The number of hydrogen-bond donors (Lipinski definition) is 1. The highest BCUT2D eigenvalue weighted by Crippen LogP contribution is 2.11. The average molecular weight is 220 g/mol. The first-order chi connectivity index (χ1) is 7.49. The summed E-state index contributed by atoms with van der Waals surface area (Å²) in [7, 11) is 2.13. The number of nitrogens with zero attached hydrogens (tertiary/aromatic N) is 1. The first-order valence-electron chi connectivity index (χ1n) is 5.99. The smallest absolute Gasteiger partial charge is 0.0139 e. The summed E-state index contributed by atoms with van der Waals surface area (Å²) in [6.45, 7) is 8.41. The molecule has 0 saturated heterocycles. The number of nitrogens with two attached hydrogens (primary N) is 1. The van der Waals surface area contributed by atoms with Gasteiger partial charge in [0.25, 0.3) is 0 Å². The molecular formula is C14H24N2. The molecule has 0 amide bonds. The Morgan fingerprint density at radius 3 is 2.56 bits per heavy atom. The van der Waals surface area contributed by atoms with E-state index in [0.717, 1.165) is 19.5 Å². The lowest BCUT2D eigenvalue weighted by Crippen LogP contribution is -2.34. The first kappa shape index (κ1) is 13.2. The number of rotatable bonds is 5. The van der Waals surface area contributed by atoms with Gasteiger partial charge in [0.05, 0.1) is 0 Å². The molecule has 1 aromatic carbocycles. The Hall–Kier alpha value is -0.860. The van der Waals surface area contributed by atoms with Crippen molar-refractivity contribution in [2.75, 3.05) is 20.1 Å². The predicted molar refractivity (Wildman–Crippen MR) is 70.8 cm³/mol. The number of likely N-dealkylation sites (N-methyl/N-ethyl adjacent to an activating group) is 1. The fourth-order valence-corrected chi connectivity index (χ4v) is 2.02. The van der Waals surface area contributed by atoms with Crippen LogP contribution in [-0.4, -0.2) is 31.1 Å². The Balaban J connectivity index is 2.48. The third kappa shape index (κ3) is 4.33. The van der Waals surface area contributed by atoms with Crippen LogP contribution in [0.15, 0.2) is 18.2 Å². The summed E-state index contributed by atoms with van der Waals surface area (Å²) < 4.78 is 0. The largest absolute Gasteiger partial charge is 0.327 e.